The van der Waals surface area contributed by atoms with Crippen LogP contribution in [0.1, 0.15) is 24.0 Å². The fourth-order valence-electron chi connectivity index (χ4n) is 6.00. The minimum absolute atomic E-state index is 0.0216. The van der Waals surface area contributed by atoms with Crippen molar-refractivity contribution in [2.24, 2.45) is 13.0 Å². The molecule has 1 aliphatic rings. The zero-order valence-electron chi connectivity index (χ0n) is 24.9. The van der Waals surface area contributed by atoms with E-state index in [4.69, 9.17) is 4.74 Å². The third kappa shape index (κ3) is 7.14. The predicted octanol–water partition coefficient (Wildman–Crippen LogP) is 4.97. The maximum absolute atomic E-state index is 14.8. The maximum Gasteiger partial charge on any atom is 0.137 e. The monoisotopic (exact) mass is 617 g/mol. The van der Waals surface area contributed by atoms with Crippen molar-refractivity contribution in [3.05, 3.63) is 108 Å². The third-order valence-electron chi connectivity index (χ3n) is 8.27. The van der Waals surface area contributed by atoms with Gasteiger partial charge in [0.05, 0.1) is 13.2 Å². The van der Waals surface area contributed by atoms with E-state index in [1.54, 1.807) is 29.2 Å². The molecule has 0 radical (unpaired) electrons. The summed E-state index contributed by atoms with van der Waals surface area (Å²) in [6.45, 7) is 2.42. The second-order valence-electron chi connectivity index (χ2n) is 11.6. The number of aromatic nitrogens is 6. The van der Waals surface area contributed by atoms with E-state index in [0.29, 0.717) is 32.2 Å². The van der Waals surface area contributed by atoms with Crippen molar-refractivity contribution < 1.29 is 23.0 Å². The highest BCUT2D eigenvalue weighted by atomic mass is 19.1. The summed E-state index contributed by atoms with van der Waals surface area (Å²) in [6.07, 6.45) is 9.95. The van der Waals surface area contributed by atoms with Crippen LogP contribution in [-0.4, -0.2) is 65.8 Å². The van der Waals surface area contributed by atoms with E-state index in [1.807, 2.05) is 19.3 Å². The Balaban J connectivity index is 1.08. The number of piperidine rings is 1. The Kier molecular flexibility index (Phi) is 9.06. The van der Waals surface area contributed by atoms with E-state index >= 15 is 0 Å². The van der Waals surface area contributed by atoms with E-state index in [1.165, 1.54) is 35.5 Å². The number of hydrogen-bond acceptors (Lipinski definition) is 7. The molecule has 9 nitrogen and oxygen atoms in total. The van der Waals surface area contributed by atoms with E-state index in [2.05, 4.69) is 25.1 Å². The Morgan fingerprint density at radius 2 is 1.73 bits per heavy atom. The molecule has 0 bridgehead atoms. The summed E-state index contributed by atoms with van der Waals surface area (Å²) in [5.74, 6) is -1.50. The molecule has 2 aromatic carbocycles. The molecule has 12 heteroatoms. The number of aliphatic hydroxyl groups is 1. The van der Waals surface area contributed by atoms with Crippen LogP contribution in [0.25, 0.3) is 22.4 Å². The number of hydrogen-bond donors (Lipinski definition) is 1. The quantitative estimate of drug-likeness (QED) is 0.224. The van der Waals surface area contributed by atoms with Gasteiger partial charge in [-0.25, -0.2) is 22.8 Å². The van der Waals surface area contributed by atoms with Gasteiger partial charge in [0.15, 0.2) is 0 Å². The fourth-order valence-corrected chi connectivity index (χ4v) is 6.00. The predicted molar refractivity (Wildman–Crippen MR) is 161 cm³/mol. The summed E-state index contributed by atoms with van der Waals surface area (Å²) in [4.78, 5) is 10.3. The lowest BCUT2D eigenvalue weighted by Gasteiger charge is -2.38. The maximum atomic E-state index is 14.8. The van der Waals surface area contributed by atoms with Crippen LogP contribution < -0.4 is 0 Å². The van der Waals surface area contributed by atoms with E-state index < -0.39 is 17.2 Å². The number of aryl methyl sites for hydroxylation is 1. The Morgan fingerprint density at radius 3 is 2.47 bits per heavy atom. The molecule has 1 fully saturated rings. The van der Waals surface area contributed by atoms with Crippen LogP contribution in [0.15, 0.2) is 79.8 Å². The van der Waals surface area contributed by atoms with E-state index in [0.717, 1.165) is 52.9 Å². The Morgan fingerprint density at radius 1 is 0.956 bits per heavy atom. The average molecular weight is 618 g/mol. The molecular formula is C33H34F3N7O2. The number of pyridine rings is 1. The topological polar surface area (TPSA) is 94.1 Å². The lowest BCUT2D eigenvalue weighted by Crippen LogP contribution is -2.47. The van der Waals surface area contributed by atoms with Crippen LogP contribution in [-0.2, 0) is 30.5 Å². The molecule has 5 aromatic rings. The molecule has 1 saturated heterocycles. The highest BCUT2D eigenvalue weighted by Gasteiger charge is 2.36. The fraction of sp³-hybridized carbons (Fsp3) is 0.333. The molecule has 6 rings (SSSR count). The van der Waals surface area contributed by atoms with Crippen molar-refractivity contribution in [1.82, 2.24) is 34.4 Å². The summed E-state index contributed by atoms with van der Waals surface area (Å²) in [7, 11) is 1.85. The number of benzene rings is 2. The highest BCUT2D eigenvalue weighted by Crippen LogP contribution is 2.34. The molecule has 0 spiro atoms. The lowest BCUT2D eigenvalue weighted by atomic mass is 9.90. The van der Waals surface area contributed by atoms with Crippen LogP contribution in [0.4, 0.5) is 13.2 Å². The minimum atomic E-state index is -1.63. The SMILES string of the molecule is Cn1cc(-c2ccncc2COCC2CCN(CC(O)(Cn3cncn3)c3ccc(F)cc3F)CC2)c(-c2ccc(F)cc2)n1. The molecule has 1 aliphatic heterocycles. The molecule has 0 aliphatic carbocycles. The second kappa shape index (κ2) is 13.3. The minimum Gasteiger partial charge on any atom is -0.382 e. The molecule has 4 heterocycles. The first kappa shape index (κ1) is 30.6. The standard InChI is InChI=1S/C33H34F3N7O2/c1-41-16-29(32(40-41)24-2-4-26(34)5-3-24)28-8-11-37-15-25(28)18-45-17-23-9-12-42(13-10-23)19-33(44,20-43-22-38-21-39-43)30-7-6-27(35)14-31(30)36/h2-8,11,14-16,21-23,44H,9-10,12-13,17-20H2,1H3. The van der Waals surface area contributed by atoms with Crippen LogP contribution in [0.5, 0.6) is 0 Å². The molecule has 1 atom stereocenters. The summed E-state index contributed by atoms with van der Waals surface area (Å²) in [5, 5.41) is 20.4. The smallest absolute Gasteiger partial charge is 0.137 e. The van der Waals surface area contributed by atoms with Crippen molar-refractivity contribution in [2.75, 3.05) is 26.2 Å². The number of nitrogens with zero attached hydrogens (tertiary/aromatic N) is 7. The molecule has 234 valence electrons. The van der Waals surface area contributed by atoms with Crippen LogP contribution in [0.2, 0.25) is 0 Å². The second-order valence-corrected chi connectivity index (χ2v) is 11.6. The number of likely N-dealkylation sites (tertiary alicyclic amines) is 1. The van der Waals surface area contributed by atoms with Crippen LogP contribution in [0, 0.1) is 23.4 Å². The Labute approximate surface area is 258 Å². The lowest BCUT2D eigenvalue weighted by molar-refractivity contribution is -0.0330. The average Bonchev–Trinajstić information content (AvgIpc) is 3.68. The number of ether oxygens (including phenoxy) is 1. The zero-order chi connectivity index (χ0) is 31.4. The van der Waals surface area contributed by atoms with Crippen molar-refractivity contribution in [3.8, 4) is 22.4 Å². The first-order valence-corrected chi connectivity index (χ1v) is 14.8. The van der Waals surface area contributed by atoms with Crippen molar-refractivity contribution in [3.63, 3.8) is 0 Å². The molecule has 1 unspecified atom stereocenters. The van der Waals surface area contributed by atoms with Gasteiger partial charge in [-0.05, 0) is 73.8 Å². The van der Waals surface area contributed by atoms with Gasteiger partial charge in [0.2, 0.25) is 0 Å². The molecule has 3 aromatic heterocycles. The van der Waals surface area contributed by atoms with Crippen molar-refractivity contribution in [1.29, 1.82) is 0 Å². The molecule has 1 N–H and O–H groups in total. The van der Waals surface area contributed by atoms with E-state index in [9.17, 15) is 18.3 Å². The first-order chi connectivity index (χ1) is 21.8. The van der Waals surface area contributed by atoms with Crippen molar-refractivity contribution >= 4 is 0 Å². The largest absolute Gasteiger partial charge is 0.382 e. The first-order valence-electron chi connectivity index (χ1n) is 14.8. The molecule has 45 heavy (non-hydrogen) atoms. The van der Waals surface area contributed by atoms with Crippen molar-refractivity contribution in [2.45, 2.75) is 31.6 Å². The Bertz CT molecular complexity index is 1720. The van der Waals surface area contributed by atoms with Crippen LogP contribution in [0.3, 0.4) is 0 Å². The molecular weight excluding hydrogens is 583 g/mol. The normalized spacial score (nSPS) is 15.8. The number of halogens is 3. The zero-order valence-corrected chi connectivity index (χ0v) is 24.9. The summed E-state index contributed by atoms with van der Waals surface area (Å²) in [6, 6.07) is 11.5. The molecule has 0 saturated carbocycles. The van der Waals surface area contributed by atoms with Gasteiger partial charge in [-0.2, -0.15) is 10.2 Å². The van der Waals surface area contributed by atoms with Gasteiger partial charge in [0, 0.05) is 67.1 Å². The van der Waals surface area contributed by atoms with Gasteiger partial charge in [-0.1, -0.05) is 6.07 Å². The van der Waals surface area contributed by atoms with Gasteiger partial charge >= 0.3 is 0 Å². The number of β-amino-alcohol motifs (C(OH)–C–C–N with tert-alkyl or cyclic N) is 1. The van der Waals surface area contributed by atoms with Gasteiger partial charge in [0.25, 0.3) is 0 Å². The summed E-state index contributed by atoms with van der Waals surface area (Å²) >= 11 is 0. The molecule has 0 amide bonds. The van der Waals surface area contributed by atoms with Gasteiger partial charge in [-0.3, -0.25) is 9.67 Å². The summed E-state index contributed by atoms with van der Waals surface area (Å²) in [5.41, 5.74) is 2.74. The van der Waals surface area contributed by atoms with Gasteiger partial charge < -0.3 is 14.7 Å². The van der Waals surface area contributed by atoms with Crippen LogP contribution >= 0.6 is 0 Å². The van der Waals surface area contributed by atoms with Gasteiger partial charge in [0.1, 0.15) is 41.4 Å². The Hall–Kier alpha value is -4.39. The summed E-state index contributed by atoms with van der Waals surface area (Å²) < 4.78 is 51.4. The third-order valence-corrected chi connectivity index (χ3v) is 8.27. The van der Waals surface area contributed by atoms with E-state index in [-0.39, 0.29) is 24.5 Å². The van der Waals surface area contributed by atoms with Gasteiger partial charge in [-0.15, -0.1) is 0 Å². The highest BCUT2D eigenvalue weighted by molar-refractivity contribution is 5.81. The number of rotatable bonds is 11.